The number of hydrogen-bond acceptors (Lipinski definition) is 4. The molecule has 2 aromatic rings. The molecule has 1 N–H and O–H groups in total. The van der Waals surface area contributed by atoms with Gasteiger partial charge >= 0.3 is 5.97 Å². The van der Waals surface area contributed by atoms with Gasteiger partial charge in [0.25, 0.3) is 0 Å². The molecule has 0 saturated carbocycles. The first-order chi connectivity index (χ1) is 10.5. The molecule has 1 heterocycles. The number of rotatable bonds is 6. The van der Waals surface area contributed by atoms with Gasteiger partial charge in [0.05, 0.1) is 12.2 Å². The van der Waals surface area contributed by atoms with Crippen LogP contribution in [0, 0.1) is 6.92 Å². The highest BCUT2D eigenvalue weighted by atomic mass is 35.5. The first kappa shape index (κ1) is 16.3. The second kappa shape index (κ2) is 7.24. The third kappa shape index (κ3) is 3.75. The van der Waals surface area contributed by atoms with Crippen molar-refractivity contribution in [3.8, 4) is 17.0 Å². The molecular formula is C16H16ClNO4. The first-order valence-corrected chi connectivity index (χ1v) is 7.02. The third-order valence-electron chi connectivity index (χ3n) is 3.09. The summed E-state index contributed by atoms with van der Waals surface area (Å²) in [7, 11) is 1.58. The number of hydrogen-bond donors (Lipinski definition) is 1. The second-order valence-electron chi connectivity index (χ2n) is 4.69. The zero-order valence-corrected chi connectivity index (χ0v) is 13.1. The zero-order chi connectivity index (χ0) is 16.1. The van der Waals surface area contributed by atoms with Crippen LogP contribution in [0.2, 0.25) is 5.02 Å². The minimum atomic E-state index is -1.04. The molecule has 0 aliphatic rings. The highest BCUT2D eigenvalue weighted by molar-refractivity contribution is 6.31. The molecule has 6 heteroatoms. The fourth-order valence-electron chi connectivity index (χ4n) is 1.92. The molecular weight excluding hydrogens is 306 g/mol. The molecule has 22 heavy (non-hydrogen) atoms. The van der Waals surface area contributed by atoms with Crippen LogP contribution in [0.15, 0.2) is 30.5 Å². The first-order valence-electron chi connectivity index (χ1n) is 6.64. The van der Waals surface area contributed by atoms with E-state index in [1.54, 1.807) is 25.3 Å². The van der Waals surface area contributed by atoms with Gasteiger partial charge in [0.1, 0.15) is 6.61 Å². The molecule has 0 fully saturated rings. The van der Waals surface area contributed by atoms with Gasteiger partial charge in [-0.2, -0.15) is 0 Å². The maximum atomic E-state index is 11.2. The highest BCUT2D eigenvalue weighted by Gasteiger charge is 2.13. The number of carbonyl (C=O) groups is 1. The molecule has 0 unspecified atom stereocenters. The average molecular weight is 322 g/mol. The summed E-state index contributed by atoms with van der Waals surface area (Å²) in [5.41, 5.74) is 2.39. The van der Waals surface area contributed by atoms with Crippen LogP contribution in [-0.4, -0.2) is 36.4 Å². The molecule has 1 aromatic heterocycles. The van der Waals surface area contributed by atoms with Crippen LogP contribution in [0.1, 0.15) is 15.9 Å². The Bertz CT molecular complexity index is 688. The van der Waals surface area contributed by atoms with Gasteiger partial charge in [0, 0.05) is 23.9 Å². The van der Waals surface area contributed by atoms with E-state index < -0.39 is 5.97 Å². The van der Waals surface area contributed by atoms with Gasteiger partial charge in [0.2, 0.25) is 5.88 Å². The lowest BCUT2D eigenvalue weighted by atomic mass is 10.0. The van der Waals surface area contributed by atoms with E-state index in [1.165, 1.54) is 6.20 Å². The lowest BCUT2D eigenvalue weighted by Gasteiger charge is -2.12. The third-order valence-corrected chi connectivity index (χ3v) is 3.52. The Morgan fingerprint density at radius 3 is 2.73 bits per heavy atom. The number of carboxylic acid groups (broad SMARTS) is 1. The fourth-order valence-corrected chi connectivity index (χ4v) is 2.04. The van der Waals surface area contributed by atoms with E-state index in [-0.39, 0.29) is 5.56 Å². The average Bonchev–Trinajstić information content (AvgIpc) is 2.50. The predicted molar refractivity (Wildman–Crippen MR) is 83.8 cm³/mol. The molecule has 0 bridgehead atoms. The highest BCUT2D eigenvalue weighted by Crippen LogP contribution is 2.31. The number of methoxy groups -OCH3 is 1. The molecule has 0 saturated heterocycles. The van der Waals surface area contributed by atoms with Crippen molar-refractivity contribution in [3.63, 3.8) is 0 Å². The molecule has 116 valence electrons. The summed E-state index contributed by atoms with van der Waals surface area (Å²) < 4.78 is 10.5. The smallest absolute Gasteiger partial charge is 0.337 e. The Morgan fingerprint density at radius 1 is 1.32 bits per heavy atom. The number of aromatic nitrogens is 1. The van der Waals surface area contributed by atoms with Crippen LogP contribution in [0.25, 0.3) is 11.1 Å². The maximum absolute atomic E-state index is 11.2. The van der Waals surface area contributed by atoms with Crippen LogP contribution >= 0.6 is 11.6 Å². The van der Waals surface area contributed by atoms with E-state index in [2.05, 4.69) is 4.98 Å². The molecule has 0 atom stereocenters. The Hall–Kier alpha value is -2.11. The second-order valence-corrected chi connectivity index (χ2v) is 5.09. The molecule has 0 radical (unpaired) electrons. The standard InChI is InChI=1S/C16H16ClNO4/c1-10-7-11(3-4-14(10)17)13-8-12(16(19)20)9-18-15(13)22-6-5-21-2/h3-4,7-9H,5-6H2,1-2H3,(H,19,20). The molecule has 0 amide bonds. The largest absolute Gasteiger partial charge is 0.478 e. The van der Waals surface area contributed by atoms with Crippen molar-refractivity contribution < 1.29 is 19.4 Å². The Balaban J connectivity index is 2.45. The summed E-state index contributed by atoms with van der Waals surface area (Å²) >= 11 is 6.03. The van der Waals surface area contributed by atoms with Crippen molar-refractivity contribution in [2.45, 2.75) is 6.92 Å². The Morgan fingerprint density at radius 2 is 2.09 bits per heavy atom. The van der Waals surface area contributed by atoms with E-state index in [1.807, 2.05) is 13.0 Å². The minimum Gasteiger partial charge on any atom is -0.478 e. The van der Waals surface area contributed by atoms with Crippen LogP contribution in [0.4, 0.5) is 0 Å². The van der Waals surface area contributed by atoms with Gasteiger partial charge in [0.15, 0.2) is 0 Å². The molecule has 0 spiro atoms. The number of carboxylic acids is 1. The molecule has 1 aromatic carbocycles. The van der Waals surface area contributed by atoms with Crippen molar-refractivity contribution in [1.29, 1.82) is 0 Å². The van der Waals surface area contributed by atoms with E-state index in [0.29, 0.717) is 29.7 Å². The van der Waals surface area contributed by atoms with Crippen molar-refractivity contribution >= 4 is 17.6 Å². The Labute approximate surface area is 133 Å². The van der Waals surface area contributed by atoms with Crippen LogP contribution in [-0.2, 0) is 4.74 Å². The monoisotopic (exact) mass is 321 g/mol. The van der Waals surface area contributed by atoms with Gasteiger partial charge in [-0.15, -0.1) is 0 Å². The number of aromatic carboxylic acids is 1. The normalized spacial score (nSPS) is 10.5. The van der Waals surface area contributed by atoms with Crippen molar-refractivity contribution in [2.24, 2.45) is 0 Å². The van der Waals surface area contributed by atoms with Crippen LogP contribution < -0.4 is 4.74 Å². The van der Waals surface area contributed by atoms with Gasteiger partial charge in [-0.05, 0) is 36.2 Å². The van der Waals surface area contributed by atoms with Crippen molar-refractivity contribution in [3.05, 3.63) is 46.6 Å². The van der Waals surface area contributed by atoms with Crippen LogP contribution in [0.5, 0.6) is 5.88 Å². The molecule has 2 rings (SSSR count). The predicted octanol–water partition coefficient (Wildman–Crippen LogP) is 3.43. The molecule has 0 aliphatic carbocycles. The van der Waals surface area contributed by atoms with E-state index >= 15 is 0 Å². The SMILES string of the molecule is COCCOc1ncc(C(=O)O)cc1-c1ccc(Cl)c(C)c1. The fraction of sp³-hybridized carbons (Fsp3) is 0.250. The van der Waals surface area contributed by atoms with Crippen molar-refractivity contribution in [1.82, 2.24) is 4.98 Å². The topological polar surface area (TPSA) is 68.7 Å². The number of aryl methyl sites for hydroxylation is 1. The summed E-state index contributed by atoms with van der Waals surface area (Å²) in [4.78, 5) is 15.3. The van der Waals surface area contributed by atoms with E-state index in [9.17, 15) is 4.79 Å². The van der Waals surface area contributed by atoms with E-state index in [4.69, 9.17) is 26.2 Å². The number of pyridine rings is 1. The summed E-state index contributed by atoms with van der Waals surface area (Å²) in [6.07, 6.45) is 1.27. The lowest BCUT2D eigenvalue weighted by Crippen LogP contribution is -2.07. The van der Waals surface area contributed by atoms with Gasteiger partial charge < -0.3 is 14.6 Å². The van der Waals surface area contributed by atoms with Gasteiger partial charge in [-0.25, -0.2) is 9.78 Å². The summed E-state index contributed by atoms with van der Waals surface area (Å²) in [5.74, 6) is -0.674. The summed E-state index contributed by atoms with van der Waals surface area (Å²) in [6, 6.07) is 6.98. The maximum Gasteiger partial charge on any atom is 0.337 e. The lowest BCUT2D eigenvalue weighted by molar-refractivity contribution is 0.0696. The molecule has 0 aliphatic heterocycles. The van der Waals surface area contributed by atoms with Gasteiger partial charge in [-0.1, -0.05) is 17.7 Å². The number of ether oxygens (including phenoxy) is 2. The Kier molecular flexibility index (Phi) is 5.35. The zero-order valence-electron chi connectivity index (χ0n) is 12.3. The summed E-state index contributed by atoms with van der Waals surface area (Å²) in [5, 5.41) is 9.78. The number of halogens is 1. The van der Waals surface area contributed by atoms with Crippen molar-refractivity contribution in [2.75, 3.05) is 20.3 Å². The number of benzene rings is 1. The van der Waals surface area contributed by atoms with Crippen LogP contribution in [0.3, 0.4) is 0 Å². The quantitative estimate of drug-likeness (QED) is 0.825. The minimum absolute atomic E-state index is 0.0988. The van der Waals surface area contributed by atoms with Gasteiger partial charge in [-0.3, -0.25) is 0 Å². The van der Waals surface area contributed by atoms with E-state index in [0.717, 1.165) is 11.1 Å². The summed E-state index contributed by atoms with van der Waals surface area (Å²) in [6.45, 7) is 2.63. The molecule has 5 nitrogen and oxygen atoms in total. The number of nitrogens with zero attached hydrogens (tertiary/aromatic N) is 1.